The van der Waals surface area contributed by atoms with Crippen LogP contribution in [0.25, 0.3) is 23.2 Å². The van der Waals surface area contributed by atoms with Crippen LogP contribution >= 0.6 is 23.2 Å². The Bertz CT molecular complexity index is 1310. The monoisotopic (exact) mass is 451 g/mol. The molecule has 0 aliphatic rings. The molecule has 0 bridgehead atoms. The minimum atomic E-state index is -0.432. The van der Waals surface area contributed by atoms with Gasteiger partial charge in [-0.25, -0.2) is 9.97 Å². The Labute approximate surface area is 187 Å². The third-order valence-electron chi connectivity index (χ3n) is 4.44. The van der Waals surface area contributed by atoms with Gasteiger partial charge in [0.15, 0.2) is 0 Å². The number of para-hydroxylation sites is 2. The molecule has 31 heavy (non-hydrogen) atoms. The Hall–Kier alpha value is -3.48. The molecule has 0 spiro atoms. The highest BCUT2D eigenvalue weighted by Gasteiger charge is 2.10. The first-order chi connectivity index (χ1) is 15.0. The molecule has 4 rings (SSSR count). The van der Waals surface area contributed by atoms with Gasteiger partial charge in [0.2, 0.25) is 5.88 Å². The lowest BCUT2D eigenvalue weighted by Gasteiger charge is -2.10. The number of benzene rings is 3. The lowest BCUT2D eigenvalue weighted by molar-refractivity contribution is -0.384. The van der Waals surface area contributed by atoms with E-state index in [-0.39, 0.29) is 12.3 Å². The van der Waals surface area contributed by atoms with Crippen molar-refractivity contribution in [3.8, 4) is 5.88 Å². The number of halogens is 2. The Morgan fingerprint density at radius 2 is 1.68 bits per heavy atom. The van der Waals surface area contributed by atoms with Gasteiger partial charge in [0.05, 0.1) is 26.0 Å². The molecular formula is C23H15Cl2N3O3. The summed E-state index contributed by atoms with van der Waals surface area (Å²) < 4.78 is 5.94. The zero-order valence-corrected chi connectivity index (χ0v) is 17.5. The normalized spacial score (nSPS) is 11.2. The van der Waals surface area contributed by atoms with E-state index in [1.54, 1.807) is 36.4 Å². The molecule has 6 nitrogen and oxygen atoms in total. The maximum Gasteiger partial charge on any atom is 0.270 e. The van der Waals surface area contributed by atoms with Crippen molar-refractivity contribution < 1.29 is 9.66 Å². The summed E-state index contributed by atoms with van der Waals surface area (Å²) in [5.41, 5.74) is 3.42. The average Bonchev–Trinajstić information content (AvgIpc) is 2.78. The minimum Gasteiger partial charge on any atom is -0.471 e. The number of nitro benzene ring substituents is 1. The van der Waals surface area contributed by atoms with Crippen molar-refractivity contribution >= 4 is 52.1 Å². The third-order valence-corrected chi connectivity index (χ3v) is 5.18. The van der Waals surface area contributed by atoms with Crippen LogP contribution in [0.5, 0.6) is 5.88 Å². The van der Waals surface area contributed by atoms with E-state index < -0.39 is 4.92 Å². The summed E-state index contributed by atoms with van der Waals surface area (Å²) in [5, 5.41) is 11.9. The second kappa shape index (κ2) is 9.12. The molecule has 1 heterocycles. The highest BCUT2D eigenvalue weighted by Crippen LogP contribution is 2.25. The van der Waals surface area contributed by atoms with E-state index in [4.69, 9.17) is 27.9 Å². The maximum absolute atomic E-state index is 11.0. The maximum atomic E-state index is 11.0. The van der Waals surface area contributed by atoms with Gasteiger partial charge in [-0.1, -0.05) is 59.6 Å². The van der Waals surface area contributed by atoms with Crippen LogP contribution in [0.15, 0.2) is 66.7 Å². The summed E-state index contributed by atoms with van der Waals surface area (Å²) in [6.07, 6.45) is 3.46. The van der Waals surface area contributed by atoms with Crippen LogP contribution in [-0.2, 0) is 6.61 Å². The standard InChI is InChI=1S/C23H15Cl2N3O3/c24-18-10-8-16(13-19(18)25)14-31-23-22(26-20-6-1-2-7-21(20)27-23)11-9-15-4-3-5-17(12-15)28(29)30/h1-13H,14H2. The average molecular weight is 452 g/mol. The molecule has 0 radical (unpaired) electrons. The number of hydrogen-bond acceptors (Lipinski definition) is 5. The van der Waals surface area contributed by atoms with E-state index >= 15 is 0 Å². The molecule has 8 heteroatoms. The Kier molecular flexibility index (Phi) is 6.11. The first-order valence-electron chi connectivity index (χ1n) is 9.25. The molecule has 4 aromatic rings. The molecule has 0 atom stereocenters. The molecule has 0 fully saturated rings. The quantitative estimate of drug-likeness (QED) is 0.244. The largest absolute Gasteiger partial charge is 0.471 e. The van der Waals surface area contributed by atoms with E-state index in [1.807, 2.05) is 30.3 Å². The van der Waals surface area contributed by atoms with Crippen molar-refractivity contribution in [2.24, 2.45) is 0 Å². The van der Waals surface area contributed by atoms with Gasteiger partial charge >= 0.3 is 0 Å². The predicted octanol–water partition coefficient (Wildman–Crippen LogP) is 6.59. The molecular weight excluding hydrogens is 437 g/mol. The molecule has 3 aromatic carbocycles. The number of hydrogen-bond donors (Lipinski definition) is 0. The minimum absolute atomic E-state index is 0.0165. The topological polar surface area (TPSA) is 78.2 Å². The van der Waals surface area contributed by atoms with Crippen LogP contribution in [0.4, 0.5) is 5.69 Å². The van der Waals surface area contributed by atoms with Crippen molar-refractivity contribution in [2.45, 2.75) is 6.61 Å². The fourth-order valence-electron chi connectivity index (χ4n) is 2.91. The molecule has 154 valence electrons. The van der Waals surface area contributed by atoms with Gasteiger partial charge in [-0.05, 0) is 41.5 Å². The Morgan fingerprint density at radius 1 is 0.903 bits per heavy atom. The second-order valence-corrected chi connectivity index (χ2v) is 7.44. The fourth-order valence-corrected chi connectivity index (χ4v) is 3.23. The molecule has 0 aliphatic carbocycles. The van der Waals surface area contributed by atoms with Crippen LogP contribution in [0, 0.1) is 10.1 Å². The van der Waals surface area contributed by atoms with Crippen LogP contribution in [0.2, 0.25) is 10.0 Å². The van der Waals surface area contributed by atoms with Crippen LogP contribution < -0.4 is 4.74 Å². The van der Waals surface area contributed by atoms with E-state index in [2.05, 4.69) is 9.97 Å². The van der Waals surface area contributed by atoms with E-state index in [9.17, 15) is 10.1 Å². The fraction of sp³-hybridized carbons (Fsp3) is 0.0435. The van der Waals surface area contributed by atoms with Crippen LogP contribution in [0.1, 0.15) is 16.8 Å². The van der Waals surface area contributed by atoms with Gasteiger partial charge in [-0.2, -0.15) is 0 Å². The smallest absolute Gasteiger partial charge is 0.270 e. The summed E-state index contributed by atoms with van der Waals surface area (Å²) in [5.74, 6) is 0.339. The third kappa shape index (κ3) is 4.99. The molecule has 1 aromatic heterocycles. The molecule has 0 saturated carbocycles. The summed E-state index contributed by atoms with van der Waals surface area (Å²) in [7, 11) is 0. The second-order valence-electron chi connectivity index (χ2n) is 6.63. The number of rotatable bonds is 6. The van der Waals surface area contributed by atoms with Crippen molar-refractivity contribution in [1.82, 2.24) is 9.97 Å². The number of nitro groups is 1. The SMILES string of the molecule is O=[N+]([O-])c1cccc(C=Cc2nc3ccccc3nc2OCc2ccc(Cl)c(Cl)c2)c1. The zero-order chi connectivity index (χ0) is 21.8. The zero-order valence-electron chi connectivity index (χ0n) is 16.0. The number of fused-ring (bicyclic) bond motifs is 1. The Balaban J connectivity index is 1.66. The number of aromatic nitrogens is 2. The van der Waals surface area contributed by atoms with Crippen molar-refractivity contribution in [3.05, 3.63) is 104 Å². The first-order valence-corrected chi connectivity index (χ1v) is 10.0. The Morgan fingerprint density at radius 3 is 2.42 bits per heavy atom. The molecule has 0 amide bonds. The van der Waals surface area contributed by atoms with Gasteiger partial charge < -0.3 is 4.74 Å². The van der Waals surface area contributed by atoms with E-state index in [0.29, 0.717) is 38.2 Å². The predicted molar refractivity (Wildman–Crippen MR) is 122 cm³/mol. The highest BCUT2D eigenvalue weighted by atomic mass is 35.5. The summed E-state index contributed by atoms with van der Waals surface area (Å²) in [6, 6.07) is 19.0. The summed E-state index contributed by atoms with van der Waals surface area (Å²) >= 11 is 12.1. The van der Waals surface area contributed by atoms with Gasteiger partial charge in [-0.15, -0.1) is 0 Å². The van der Waals surface area contributed by atoms with Crippen LogP contribution in [-0.4, -0.2) is 14.9 Å². The van der Waals surface area contributed by atoms with Gasteiger partial charge in [0.1, 0.15) is 12.3 Å². The van der Waals surface area contributed by atoms with Gasteiger partial charge in [-0.3, -0.25) is 10.1 Å². The number of non-ortho nitro benzene ring substituents is 1. The van der Waals surface area contributed by atoms with Gasteiger partial charge in [0, 0.05) is 12.1 Å². The molecule has 0 saturated heterocycles. The lowest BCUT2D eigenvalue weighted by Crippen LogP contribution is -2.01. The van der Waals surface area contributed by atoms with E-state index in [1.165, 1.54) is 12.1 Å². The number of ether oxygens (including phenoxy) is 1. The van der Waals surface area contributed by atoms with Crippen molar-refractivity contribution in [1.29, 1.82) is 0 Å². The number of nitrogens with zero attached hydrogens (tertiary/aromatic N) is 3. The van der Waals surface area contributed by atoms with Crippen LogP contribution in [0.3, 0.4) is 0 Å². The molecule has 0 N–H and O–H groups in total. The van der Waals surface area contributed by atoms with Crippen molar-refractivity contribution in [3.63, 3.8) is 0 Å². The lowest BCUT2D eigenvalue weighted by atomic mass is 10.1. The first kappa shape index (κ1) is 20.8. The van der Waals surface area contributed by atoms with E-state index in [0.717, 1.165) is 5.56 Å². The van der Waals surface area contributed by atoms with Gasteiger partial charge in [0.25, 0.3) is 5.69 Å². The molecule has 0 aliphatic heterocycles. The summed E-state index contributed by atoms with van der Waals surface area (Å²) in [6.45, 7) is 0.224. The van der Waals surface area contributed by atoms with Crippen molar-refractivity contribution in [2.75, 3.05) is 0 Å². The highest BCUT2D eigenvalue weighted by molar-refractivity contribution is 6.42. The molecule has 0 unspecified atom stereocenters. The summed E-state index contributed by atoms with van der Waals surface area (Å²) in [4.78, 5) is 19.8.